The lowest BCUT2D eigenvalue weighted by Crippen LogP contribution is -2.48. The summed E-state index contributed by atoms with van der Waals surface area (Å²) in [6, 6.07) is 4.11. The van der Waals surface area contributed by atoms with Crippen molar-refractivity contribution in [2.45, 2.75) is 25.8 Å². The van der Waals surface area contributed by atoms with E-state index in [0.29, 0.717) is 5.02 Å². The number of aromatic carboxylic acids is 1. The average Bonchev–Trinajstić information content (AvgIpc) is 2.41. The van der Waals surface area contributed by atoms with Gasteiger partial charge in [-0.15, -0.1) is 0 Å². The van der Waals surface area contributed by atoms with E-state index < -0.39 is 5.97 Å². The number of nitrogens with one attached hydrogen (secondary N) is 2. The number of hydrogen-bond donors (Lipinski definition) is 3. The van der Waals surface area contributed by atoms with Crippen LogP contribution < -0.4 is 10.6 Å². The highest BCUT2D eigenvalue weighted by Gasteiger charge is 2.28. The lowest BCUT2D eigenvalue weighted by molar-refractivity contribution is -0.119. The van der Waals surface area contributed by atoms with Gasteiger partial charge in [0, 0.05) is 5.02 Å². The van der Waals surface area contributed by atoms with Crippen LogP contribution in [0, 0.1) is 5.92 Å². The molecule has 1 aliphatic heterocycles. The number of carbonyl (C=O) groups is 2. The number of rotatable bonds is 3. The number of piperidine rings is 1. The van der Waals surface area contributed by atoms with Crippen LogP contribution in [-0.2, 0) is 4.79 Å². The van der Waals surface area contributed by atoms with Crippen LogP contribution in [0.2, 0.25) is 5.02 Å². The summed E-state index contributed by atoms with van der Waals surface area (Å²) in [6.45, 7) is 2.81. The molecule has 0 radical (unpaired) electrons. The Morgan fingerprint density at radius 3 is 2.85 bits per heavy atom. The maximum atomic E-state index is 12.2. The molecule has 0 spiro atoms. The first-order valence-corrected chi connectivity index (χ1v) is 6.94. The second-order valence-corrected chi connectivity index (χ2v) is 5.47. The lowest BCUT2D eigenvalue weighted by Gasteiger charge is -2.29. The van der Waals surface area contributed by atoms with Crippen LogP contribution in [0.4, 0.5) is 5.69 Å². The number of anilines is 1. The van der Waals surface area contributed by atoms with Gasteiger partial charge in [-0.25, -0.2) is 4.79 Å². The van der Waals surface area contributed by atoms with Crippen LogP contribution in [0.1, 0.15) is 30.1 Å². The van der Waals surface area contributed by atoms with Crippen LogP contribution in [-0.4, -0.2) is 29.6 Å². The number of carboxylic acid groups (broad SMARTS) is 1. The highest BCUT2D eigenvalue weighted by molar-refractivity contribution is 6.31. The van der Waals surface area contributed by atoms with E-state index in [1.807, 2.05) is 6.92 Å². The minimum atomic E-state index is -1.12. The molecule has 1 amide bonds. The molecule has 1 saturated heterocycles. The summed E-state index contributed by atoms with van der Waals surface area (Å²) in [4.78, 5) is 23.4. The van der Waals surface area contributed by atoms with E-state index in [-0.39, 0.29) is 29.1 Å². The molecule has 108 valence electrons. The van der Waals surface area contributed by atoms with Crippen LogP contribution in [0.15, 0.2) is 18.2 Å². The number of amides is 1. The SMILES string of the molecule is CC1CCCNC1C(=O)Nc1ccc(Cl)cc1C(=O)O. The van der Waals surface area contributed by atoms with Gasteiger partial charge in [0.05, 0.1) is 17.3 Å². The van der Waals surface area contributed by atoms with Gasteiger partial charge in [-0.1, -0.05) is 18.5 Å². The van der Waals surface area contributed by atoms with E-state index in [2.05, 4.69) is 10.6 Å². The molecule has 0 saturated carbocycles. The highest BCUT2D eigenvalue weighted by atomic mass is 35.5. The largest absolute Gasteiger partial charge is 0.478 e. The Kier molecular flexibility index (Phi) is 4.62. The normalized spacial score (nSPS) is 22.3. The fourth-order valence-electron chi connectivity index (χ4n) is 2.41. The Bertz CT molecular complexity index is 533. The van der Waals surface area contributed by atoms with Crippen molar-refractivity contribution in [3.63, 3.8) is 0 Å². The third-order valence-corrected chi connectivity index (χ3v) is 3.76. The van der Waals surface area contributed by atoms with Crippen molar-refractivity contribution in [3.8, 4) is 0 Å². The predicted octanol–water partition coefficient (Wildman–Crippen LogP) is 2.36. The van der Waals surface area contributed by atoms with E-state index in [9.17, 15) is 9.59 Å². The summed E-state index contributed by atoms with van der Waals surface area (Å²) in [6.07, 6.45) is 2.03. The molecular formula is C14H17ClN2O3. The fourth-order valence-corrected chi connectivity index (χ4v) is 2.59. The summed E-state index contributed by atoms with van der Waals surface area (Å²) in [5.74, 6) is -1.10. The zero-order valence-electron chi connectivity index (χ0n) is 11.1. The third-order valence-electron chi connectivity index (χ3n) is 3.52. The molecule has 0 aliphatic carbocycles. The van der Waals surface area contributed by atoms with Gasteiger partial charge in [0.15, 0.2) is 0 Å². The summed E-state index contributed by atoms with van der Waals surface area (Å²) < 4.78 is 0. The molecule has 0 aromatic heterocycles. The van der Waals surface area contributed by atoms with E-state index in [4.69, 9.17) is 16.7 Å². The van der Waals surface area contributed by atoms with E-state index in [0.717, 1.165) is 19.4 Å². The molecular weight excluding hydrogens is 280 g/mol. The topological polar surface area (TPSA) is 78.4 Å². The van der Waals surface area contributed by atoms with Gasteiger partial charge in [-0.3, -0.25) is 4.79 Å². The van der Waals surface area contributed by atoms with Gasteiger partial charge in [-0.05, 0) is 43.5 Å². The van der Waals surface area contributed by atoms with Crippen molar-refractivity contribution in [1.82, 2.24) is 5.32 Å². The second-order valence-electron chi connectivity index (χ2n) is 5.04. The first kappa shape index (κ1) is 14.8. The van der Waals surface area contributed by atoms with Crippen LogP contribution >= 0.6 is 11.6 Å². The first-order chi connectivity index (χ1) is 9.49. The molecule has 0 bridgehead atoms. The van der Waals surface area contributed by atoms with Crippen LogP contribution in [0.25, 0.3) is 0 Å². The van der Waals surface area contributed by atoms with Gasteiger partial charge >= 0.3 is 5.97 Å². The maximum Gasteiger partial charge on any atom is 0.337 e. The minimum Gasteiger partial charge on any atom is -0.478 e. The Labute approximate surface area is 122 Å². The molecule has 1 fully saturated rings. The van der Waals surface area contributed by atoms with Crippen molar-refractivity contribution < 1.29 is 14.7 Å². The Morgan fingerprint density at radius 2 is 2.20 bits per heavy atom. The molecule has 1 aliphatic rings. The third kappa shape index (κ3) is 3.29. The van der Waals surface area contributed by atoms with E-state index >= 15 is 0 Å². The number of carbonyl (C=O) groups excluding carboxylic acids is 1. The summed E-state index contributed by atoms with van der Waals surface area (Å²) in [5, 5.41) is 15.3. The molecule has 1 aromatic rings. The minimum absolute atomic E-state index is 0.00527. The van der Waals surface area contributed by atoms with Gasteiger partial charge in [-0.2, -0.15) is 0 Å². The molecule has 2 rings (SSSR count). The molecule has 5 nitrogen and oxygen atoms in total. The van der Waals surface area contributed by atoms with Gasteiger partial charge in [0.1, 0.15) is 0 Å². The van der Waals surface area contributed by atoms with Crippen molar-refractivity contribution >= 4 is 29.2 Å². The number of hydrogen-bond acceptors (Lipinski definition) is 3. The Balaban J connectivity index is 2.17. The summed E-state index contributed by atoms with van der Waals surface area (Å²) >= 11 is 5.78. The zero-order chi connectivity index (χ0) is 14.7. The monoisotopic (exact) mass is 296 g/mol. The lowest BCUT2D eigenvalue weighted by atomic mass is 9.92. The Hall–Kier alpha value is -1.59. The maximum absolute atomic E-state index is 12.2. The Morgan fingerprint density at radius 1 is 1.45 bits per heavy atom. The van der Waals surface area contributed by atoms with Gasteiger partial charge in [0.2, 0.25) is 5.91 Å². The molecule has 2 atom stereocenters. The van der Waals surface area contributed by atoms with Crippen molar-refractivity contribution in [2.24, 2.45) is 5.92 Å². The average molecular weight is 297 g/mol. The smallest absolute Gasteiger partial charge is 0.337 e. The van der Waals surface area contributed by atoms with Crippen molar-refractivity contribution in [3.05, 3.63) is 28.8 Å². The quantitative estimate of drug-likeness (QED) is 0.800. The summed E-state index contributed by atoms with van der Waals surface area (Å²) in [5.41, 5.74) is 0.265. The van der Waals surface area contributed by atoms with Gasteiger partial charge in [0.25, 0.3) is 0 Å². The van der Waals surface area contributed by atoms with Crippen molar-refractivity contribution in [1.29, 1.82) is 0 Å². The highest BCUT2D eigenvalue weighted by Crippen LogP contribution is 2.22. The number of carboxylic acids is 1. The molecule has 1 aromatic carbocycles. The standard InChI is InChI=1S/C14H17ClN2O3/c1-8-3-2-6-16-12(8)13(18)17-11-5-4-9(15)7-10(11)14(19)20/h4-5,7-8,12,16H,2-3,6H2,1H3,(H,17,18)(H,19,20). The number of halogens is 1. The predicted molar refractivity (Wildman–Crippen MR) is 77.2 cm³/mol. The van der Waals surface area contributed by atoms with Crippen LogP contribution in [0.3, 0.4) is 0 Å². The summed E-state index contributed by atoms with van der Waals surface area (Å²) in [7, 11) is 0. The molecule has 6 heteroatoms. The van der Waals surface area contributed by atoms with Gasteiger partial charge < -0.3 is 15.7 Å². The molecule has 20 heavy (non-hydrogen) atoms. The first-order valence-electron chi connectivity index (χ1n) is 6.56. The van der Waals surface area contributed by atoms with E-state index in [1.165, 1.54) is 12.1 Å². The fraction of sp³-hybridized carbons (Fsp3) is 0.429. The molecule has 1 heterocycles. The van der Waals surface area contributed by atoms with Crippen LogP contribution in [0.5, 0.6) is 0 Å². The number of benzene rings is 1. The van der Waals surface area contributed by atoms with Crippen molar-refractivity contribution in [2.75, 3.05) is 11.9 Å². The van der Waals surface area contributed by atoms with E-state index in [1.54, 1.807) is 6.07 Å². The molecule has 2 unspecified atom stereocenters. The molecule has 3 N–H and O–H groups in total. The zero-order valence-corrected chi connectivity index (χ0v) is 11.9. The second kappa shape index (κ2) is 6.24.